The molecule has 0 aliphatic rings. The molecule has 0 fully saturated rings. The third-order valence-corrected chi connectivity index (χ3v) is 3.61. The van der Waals surface area contributed by atoms with Gasteiger partial charge in [0, 0.05) is 12.3 Å². The summed E-state index contributed by atoms with van der Waals surface area (Å²) in [5, 5.41) is 10.8. The molecule has 0 bridgehead atoms. The topological polar surface area (TPSA) is 64.7 Å². The van der Waals surface area contributed by atoms with E-state index >= 15 is 0 Å². The van der Waals surface area contributed by atoms with Crippen LogP contribution >= 0.6 is 0 Å². The lowest BCUT2D eigenvalue weighted by atomic mass is 10.1. The van der Waals surface area contributed by atoms with Crippen LogP contribution in [0.25, 0.3) is 0 Å². The molecule has 1 N–H and O–H groups in total. The second kappa shape index (κ2) is 7.25. The van der Waals surface area contributed by atoms with E-state index in [1.807, 2.05) is 31.2 Å². The van der Waals surface area contributed by atoms with Crippen LogP contribution in [0.15, 0.2) is 48.8 Å². The van der Waals surface area contributed by atoms with Crippen molar-refractivity contribution in [2.75, 3.05) is 5.32 Å². The molecule has 2 aromatic heterocycles. The van der Waals surface area contributed by atoms with E-state index in [1.165, 1.54) is 12.3 Å². The molecule has 0 unspecified atom stereocenters. The van der Waals surface area contributed by atoms with Crippen molar-refractivity contribution in [3.05, 3.63) is 65.6 Å². The van der Waals surface area contributed by atoms with Crippen molar-refractivity contribution in [2.45, 2.75) is 26.4 Å². The highest BCUT2D eigenvalue weighted by Gasteiger charge is 2.14. The highest BCUT2D eigenvalue weighted by molar-refractivity contribution is 6.02. The molecule has 0 spiro atoms. The molecule has 130 valence electrons. The second-order valence-corrected chi connectivity index (χ2v) is 5.63. The minimum absolute atomic E-state index is 0.0729. The SMILES string of the molecule is Cc1ccc(Cn2nccc2NC(=O)c2ccn(CC(F)F)n2)cc1. The zero-order valence-corrected chi connectivity index (χ0v) is 13.6. The fourth-order valence-corrected chi connectivity index (χ4v) is 2.34. The van der Waals surface area contributed by atoms with E-state index in [4.69, 9.17) is 0 Å². The molecule has 0 radical (unpaired) electrons. The van der Waals surface area contributed by atoms with E-state index in [2.05, 4.69) is 15.5 Å². The van der Waals surface area contributed by atoms with Crippen molar-refractivity contribution < 1.29 is 13.6 Å². The smallest absolute Gasteiger partial charge is 0.277 e. The summed E-state index contributed by atoms with van der Waals surface area (Å²) in [4.78, 5) is 12.2. The predicted molar refractivity (Wildman–Crippen MR) is 88.7 cm³/mol. The zero-order chi connectivity index (χ0) is 17.8. The lowest BCUT2D eigenvalue weighted by Crippen LogP contribution is -2.17. The van der Waals surface area contributed by atoms with Crippen molar-refractivity contribution in [3.8, 4) is 0 Å². The average Bonchev–Trinajstić information content (AvgIpc) is 3.19. The van der Waals surface area contributed by atoms with Gasteiger partial charge in [-0.25, -0.2) is 13.5 Å². The summed E-state index contributed by atoms with van der Waals surface area (Å²) in [6, 6.07) is 11.1. The summed E-state index contributed by atoms with van der Waals surface area (Å²) in [5.41, 5.74) is 2.28. The maximum absolute atomic E-state index is 12.3. The summed E-state index contributed by atoms with van der Waals surface area (Å²) in [7, 11) is 0. The molecule has 0 aliphatic carbocycles. The quantitative estimate of drug-likeness (QED) is 0.747. The molecule has 2 heterocycles. The number of halogens is 2. The second-order valence-electron chi connectivity index (χ2n) is 5.63. The van der Waals surface area contributed by atoms with Crippen LogP contribution in [0, 0.1) is 6.92 Å². The van der Waals surface area contributed by atoms with E-state index in [0.717, 1.165) is 15.8 Å². The Kier molecular flexibility index (Phi) is 4.87. The molecule has 1 aromatic carbocycles. The number of carbonyl (C=O) groups excluding carboxylic acids is 1. The molecule has 25 heavy (non-hydrogen) atoms. The highest BCUT2D eigenvalue weighted by atomic mass is 19.3. The first kappa shape index (κ1) is 16.8. The van der Waals surface area contributed by atoms with E-state index in [1.54, 1.807) is 16.9 Å². The predicted octanol–water partition coefficient (Wildman–Crippen LogP) is 2.95. The normalized spacial score (nSPS) is 11.0. The van der Waals surface area contributed by atoms with Gasteiger partial charge in [-0.2, -0.15) is 10.2 Å². The minimum Gasteiger partial charge on any atom is -0.305 e. The van der Waals surface area contributed by atoms with Crippen molar-refractivity contribution in [1.29, 1.82) is 0 Å². The third kappa shape index (κ3) is 4.28. The molecule has 0 saturated carbocycles. The third-order valence-electron chi connectivity index (χ3n) is 3.61. The minimum atomic E-state index is -2.52. The Morgan fingerprint density at radius 2 is 1.96 bits per heavy atom. The zero-order valence-electron chi connectivity index (χ0n) is 13.6. The molecule has 0 aliphatic heterocycles. The molecule has 1 amide bonds. The van der Waals surface area contributed by atoms with Crippen LogP contribution in [0.5, 0.6) is 0 Å². The number of hydrogen-bond acceptors (Lipinski definition) is 3. The first-order valence-electron chi connectivity index (χ1n) is 7.71. The van der Waals surface area contributed by atoms with Gasteiger partial charge in [-0.15, -0.1) is 0 Å². The standard InChI is InChI=1S/C17H17F2N5O/c1-12-2-4-13(5-3-12)10-24-16(6-8-20-24)21-17(25)14-7-9-23(22-14)11-15(18)19/h2-9,15H,10-11H2,1H3,(H,21,25). The molecule has 0 saturated heterocycles. The Balaban J connectivity index is 1.69. The number of alkyl halides is 2. The fourth-order valence-electron chi connectivity index (χ4n) is 2.34. The van der Waals surface area contributed by atoms with Gasteiger partial charge in [0.15, 0.2) is 5.69 Å². The number of nitrogens with one attached hydrogen (secondary N) is 1. The monoisotopic (exact) mass is 345 g/mol. The van der Waals surface area contributed by atoms with Gasteiger partial charge in [0.05, 0.1) is 12.7 Å². The number of aromatic nitrogens is 4. The fraction of sp³-hybridized carbons (Fsp3) is 0.235. The molecule has 6 nitrogen and oxygen atoms in total. The number of benzene rings is 1. The summed E-state index contributed by atoms with van der Waals surface area (Å²) >= 11 is 0. The van der Waals surface area contributed by atoms with Crippen LogP contribution < -0.4 is 5.32 Å². The number of hydrogen-bond donors (Lipinski definition) is 1. The average molecular weight is 345 g/mol. The Labute approximate surface area is 143 Å². The first-order valence-corrected chi connectivity index (χ1v) is 7.71. The highest BCUT2D eigenvalue weighted by Crippen LogP contribution is 2.12. The maximum Gasteiger partial charge on any atom is 0.277 e. The van der Waals surface area contributed by atoms with Crippen molar-refractivity contribution in [1.82, 2.24) is 19.6 Å². The van der Waals surface area contributed by atoms with Gasteiger partial charge >= 0.3 is 0 Å². The first-order chi connectivity index (χ1) is 12.0. The Morgan fingerprint density at radius 1 is 1.20 bits per heavy atom. The van der Waals surface area contributed by atoms with Gasteiger partial charge in [-0.1, -0.05) is 29.8 Å². The molecular formula is C17H17F2N5O. The molecule has 3 aromatic rings. The van der Waals surface area contributed by atoms with Gasteiger partial charge in [0.25, 0.3) is 12.3 Å². The lowest BCUT2D eigenvalue weighted by Gasteiger charge is -2.08. The van der Waals surface area contributed by atoms with Gasteiger partial charge in [0.2, 0.25) is 0 Å². The van der Waals surface area contributed by atoms with E-state index in [-0.39, 0.29) is 5.69 Å². The summed E-state index contributed by atoms with van der Waals surface area (Å²) in [6.07, 6.45) is 0.413. The molecule has 0 atom stereocenters. The molecular weight excluding hydrogens is 328 g/mol. The number of carbonyl (C=O) groups is 1. The summed E-state index contributed by atoms with van der Waals surface area (Å²) in [5.74, 6) is 0.0349. The van der Waals surface area contributed by atoms with Crippen molar-refractivity contribution >= 4 is 11.7 Å². The summed E-state index contributed by atoms with van der Waals surface area (Å²) in [6.45, 7) is 1.97. The van der Waals surface area contributed by atoms with E-state index in [9.17, 15) is 13.6 Å². The van der Waals surface area contributed by atoms with Crippen LogP contribution in [0.4, 0.5) is 14.6 Å². The van der Waals surface area contributed by atoms with Crippen LogP contribution in [0.1, 0.15) is 21.6 Å². The number of anilines is 1. The number of aryl methyl sites for hydroxylation is 1. The van der Waals surface area contributed by atoms with E-state index < -0.39 is 18.9 Å². The van der Waals surface area contributed by atoms with Gasteiger partial charge in [-0.3, -0.25) is 9.48 Å². The van der Waals surface area contributed by atoms with E-state index in [0.29, 0.717) is 12.4 Å². The molecule has 8 heteroatoms. The Bertz CT molecular complexity index is 854. The maximum atomic E-state index is 12.3. The van der Waals surface area contributed by atoms with Crippen LogP contribution in [-0.2, 0) is 13.1 Å². The van der Waals surface area contributed by atoms with Crippen molar-refractivity contribution in [3.63, 3.8) is 0 Å². The van der Waals surface area contributed by atoms with Crippen LogP contribution in [-0.4, -0.2) is 31.9 Å². The molecule has 3 rings (SSSR count). The number of nitrogens with zero attached hydrogens (tertiary/aromatic N) is 4. The Hall–Kier alpha value is -3.03. The largest absolute Gasteiger partial charge is 0.305 e. The summed E-state index contributed by atoms with van der Waals surface area (Å²) < 4.78 is 27.4. The van der Waals surface area contributed by atoms with Crippen LogP contribution in [0.2, 0.25) is 0 Å². The Morgan fingerprint density at radius 3 is 2.68 bits per heavy atom. The van der Waals surface area contributed by atoms with Gasteiger partial charge < -0.3 is 5.32 Å². The van der Waals surface area contributed by atoms with Crippen LogP contribution in [0.3, 0.4) is 0 Å². The lowest BCUT2D eigenvalue weighted by molar-refractivity contribution is 0.101. The van der Waals surface area contributed by atoms with Gasteiger partial charge in [-0.05, 0) is 18.6 Å². The van der Waals surface area contributed by atoms with Gasteiger partial charge in [0.1, 0.15) is 12.4 Å². The number of amides is 1. The van der Waals surface area contributed by atoms with Crippen molar-refractivity contribution in [2.24, 2.45) is 0 Å². The number of rotatable bonds is 6.